The lowest BCUT2D eigenvalue weighted by Gasteiger charge is -2.13. The summed E-state index contributed by atoms with van der Waals surface area (Å²) in [5.41, 5.74) is 7.79. The van der Waals surface area contributed by atoms with Crippen molar-refractivity contribution < 1.29 is 0 Å². The van der Waals surface area contributed by atoms with Gasteiger partial charge in [0.05, 0.1) is 22.1 Å². The van der Waals surface area contributed by atoms with Gasteiger partial charge in [0.2, 0.25) is 5.95 Å². The van der Waals surface area contributed by atoms with E-state index in [-0.39, 0.29) is 0 Å². The third kappa shape index (κ3) is 4.19. The first kappa shape index (κ1) is 26.0. The van der Waals surface area contributed by atoms with Gasteiger partial charge >= 0.3 is 0 Å². The molecule has 0 aliphatic rings. The molecular formula is C40H26N6. The molecule has 0 bridgehead atoms. The van der Waals surface area contributed by atoms with Gasteiger partial charge in [-0.25, -0.2) is 9.97 Å². The maximum Gasteiger partial charge on any atom is 0.238 e. The van der Waals surface area contributed by atoms with E-state index >= 15 is 0 Å². The molecule has 0 spiro atoms. The molecule has 3 aromatic heterocycles. The molecule has 9 rings (SSSR count). The molecule has 0 aliphatic carbocycles. The first-order chi connectivity index (χ1) is 22.8. The highest BCUT2D eigenvalue weighted by Crippen LogP contribution is 2.39. The van der Waals surface area contributed by atoms with Gasteiger partial charge in [-0.3, -0.25) is 9.13 Å². The van der Waals surface area contributed by atoms with Crippen molar-refractivity contribution >= 4 is 32.8 Å². The second kappa shape index (κ2) is 10.6. The number of hydrogen-bond acceptors (Lipinski definition) is 4. The number of benzene rings is 6. The molecule has 6 aromatic carbocycles. The van der Waals surface area contributed by atoms with Crippen molar-refractivity contribution in [3.05, 3.63) is 158 Å². The molecule has 0 fully saturated rings. The zero-order chi connectivity index (χ0) is 30.5. The number of nitrogens with zero attached hydrogens (tertiary/aromatic N) is 6. The van der Waals surface area contributed by atoms with Crippen LogP contribution in [0.4, 0.5) is 0 Å². The third-order valence-corrected chi connectivity index (χ3v) is 8.38. The predicted molar refractivity (Wildman–Crippen MR) is 185 cm³/mol. The van der Waals surface area contributed by atoms with Crippen molar-refractivity contribution in [1.29, 1.82) is 0 Å². The lowest BCUT2D eigenvalue weighted by Crippen LogP contribution is -2.07. The van der Waals surface area contributed by atoms with E-state index in [4.69, 9.17) is 19.9 Å². The SMILES string of the molecule is c1ccc(-c2nc(-c3ccccc3)nc(-n3c4ccccc4c4ccc5nc(-c6ccccc6)n(-c6ccccc6)c5c43)n2)cc1. The number of hydrogen-bond donors (Lipinski definition) is 0. The second-order valence-electron chi connectivity index (χ2n) is 11.2. The molecule has 3 heterocycles. The summed E-state index contributed by atoms with van der Waals surface area (Å²) >= 11 is 0. The van der Waals surface area contributed by atoms with Gasteiger partial charge in [-0.05, 0) is 30.3 Å². The van der Waals surface area contributed by atoms with Crippen LogP contribution in [0, 0.1) is 0 Å². The molecule has 0 saturated heterocycles. The number of aromatic nitrogens is 6. The molecule has 46 heavy (non-hydrogen) atoms. The Balaban J connectivity index is 1.45. The van der Waals surface area contributed by atoms with Gasteiger partial charge in [0.25, 0.3) is 0 Å². The Hall–Kier alpha value is -6.40. The number of para-hydroxylation sites is 2. The number of imidazole rings is 1. The fourth-order valence-corrected chi connectivity index (χ4v) is 6.32. The smallest absolute Gasteiger partial charge is 0.238 e. The van der Waals surface area contributed by atoms with E-state index in [0.29, 0.717) is 17.6 Å². The Morgan fingerprint density at radius 2 is 0.913 bits per heavy atom. The van der Waals surface area contributed by atoms with Crippen LogP contribution in [0.3, 0.4) is 0 Å². The molecule has 0 unspecified atom stereocenters. The Bertz CT molecular complexity index is 2440. The maximum atomic E-state index is 5.24. The normalized spacial score (nSPS) is 11.5. The molecular weight excluding hydrogens is 564 g/mol. The zero-order valence-corrected chi connectivity index (χ0v) is 24.7. The minimum atomic E-state index is 0.550. The van der Waals surface area contributed by atoms with Crippen molar-refractivity contribution in [3.63, 3.8) is 0 Å². The van der Waals surface area contributed by atoms with E-state index in [0.717, 1.165) is 61.0 Å². The van der Waals surface area contributed by atoms with Crippen molar-refractivity contribution in [3.8, 4) is 45.8 Å². The van der Waals surface area contributed by atoms with E-state index in [1.54, 1.807) is 0 Å². The van der Waals surface area contributed by atoms with E-state index in [2.05, 4.69) is 94.1 Å². The Morgan fingerprint density at radius 3 is 1.54 bits per heavy atom. The van der Waals surface area contributed by atoms with Crippen LogP contribution in [-0.2, 0) is 0 Å². The third-order valence-electron chi connectivity index (χ3n) is 8.38. The average molecular weight is 591 g/mol. The van der Waals surface area contributed by atoms with Crippen LogP contribution < -0.4 is 0 Å². The number of rotatable bonds is 5. The van der Waals surface area contributed by atoms with Crippen LogP contribution in [0.5, 0.6) is 0 Å². The summed E-state index contributed by atoms with van der Waals surface area (Å²) in [5.74, 6) is 2.65. The fourth-order valence-electron chi connectivity index (χ4n) is 6.32. The summed E-state index contributed by atoms with van der Waals surface area (Å²) in [7, 11) is 0. The Kier molecular flexibility index (Phi) is 6.03. The number of fused-ring (bicyclic) bond motifs is 5. The van der Waals surface area contributed by atoms with Crippen LogP contribution in [0.2, 0.25) is 0 Å². The summed E-state index contributed by atoms with van der Waals surface area (Å²) in [4.78, 5) is 20.5. The molecule has 6 heteroatoms. The fraction of sp³-hybridized carbons (Fsp3) is 0. The molecule has 0 amide bonds. The molecule has 9 aromatic rings. The van der Waals surface area contributed by atoms with E-state index in [9.17, 15) is 0 Å². The highest BCUT2D eigenvalue weighted by Gasteiger charge is 2.24. The van der Waals surface area contributed by atoms with Gasteiger partial charge in [0.1, 0.15) is 5.82 Å². The standard InChI is InChI=1S/C40H26N6/c1-5-15-27(16-6-1)37-42-38(28-17-7-2-8-18-28)44-40(43-37)46-34-24-14-13-23-31(34)32-25-26-33-36(35(32)46)45(30-21-11-4-12-22-30)39(41-33)29-19-9-3-10-20-29/h1-26H. The highest BCUT2D eigenvalue weighted by atomic mass is 15.2. The Labute approximate surface area is 264 Å². The van der Waals surface area contributed by atoms with Gasteiger partial charge in [-0.1, -0.05) is 127 Å². The largest absolute Gasteiger partial charge is 0.290 e. The second-order valence-corrected chi connectivity index (χ2v) is 11.2. The summed E-state index contributed by atoms with van der Waals surface area (Å²) in [6, 6.07) is 53.7. The first-order valence-corrected chi connectivity index (χ1v) is 15.3. The lowest BCUT2D eigenvalue weighted by atomic mass is 10.1. The van der Waals surface area contributed by atoms with Gasteiger partial charge in [-0.2, -0.15) is 9.97 Å². The van der Waals surface area contributed by atoms with Crippen LogP contribution in [0.25, 0.3) is 78.6 Å². The van der Waals surface area contributed by atoms with E-state index in [1.807, 2.05) is 72.8 Å². The van der Waals surface area contributed by atoms with Crippen molar-refractivity contribution in [2.45, 2.75) is 0 Å². The van der Waals surface area contributed by atoms with E-state index < -0.39 is 0 Å². The molecule has 0 radical (unpaired) electrons. The van der Waals surface area contributed by atoms with Crippen molar-refractivity contribution in [2.75, 3.05) is 0 Å². The van der Waals surface area contributed by atoms with Gasteiger partial charge in [0, 0.05) is 33.2 Å². The topological polar surface area (TPSA) is 61.4 Å². The average Bonchev–Trinajstić information content (AvgIpc) is 3.69. The molecule has 0 saturated carbocycles. The van der Waals surface area contributed by atoms with Crippen LogP contribution in [0.1, 0.15) is 0 Å². The Morgan fingerprint density at radius 1 is 0.370 bits per heavy atom. The van der Waals surface area contributed by atoms with Crippen molar-refractivity contribution in [1.82, 2.24) is 29.1 Å². The predicted octanol–water partition coefficient (Wildman–Crippen LogP) is 9.31. The zero-order valence-electron chi connectivity index (χ0n) is 24.7. The molecule has 0 atom stereocenters. The van der Waals surface area contributed by atoms with Gasteiger partial charge in [0.15, 0.2) is 11.6 Å². The maximum absolute atomic E-state index is 5.24. The minimum Gasteiger partial charge on any atom is -0.290 e. The van der Waals surface area contributed by atoms with Crippen LogP contribution in [-0.4, -0.2) is 29.1 Å². The highest BCUT2D eigenvalue weighted by molar-refractivity contribution is 6.17. The molecule has 6 nitrogen and oxygen atoms in total. The summed E-state index contributed by atoms with van der Waals surface area (Å²) in [6.07, 6.45) is 0. The lowest BCUT2D eigenvalue weighted by molar-refractivity contribution is 0.953. The van der Waals surface area contributed by atoms with Gasteiger partial charge < -0.3 is 0 Å². The minimum absolute atomic E-state index is 0.550. The quantitative estimate of drug-likeness (QED) is 0.200. The molecule has 0 aliphatic heterocycles. The van der Waals surface area contributed by atoms with E-state index in [1.165, 1.54) is 0 Å². The van der Waals surface area contributed by atoms with Crippen LogP contribution >= 0.6 is 0 Å². The first-order valence-electron chi connectivity index (χ1n) is 15.3. The molecule has 0 N–H and O–H groups in total. The van der Waals surface area contributed by atoms with Gasteiger partial charge in [-0.15, -0.1) is 0 Å². The summed E-state index contributed by atoms with van der Waals surface area (Å²) in [5, 5.41) is 2.21. The van der Waals surface area contributed by atoms with Crippen molar-refractivity contribution in [2.24, 2.45) is 0 Å². The summed E-state index contributed by atoms with van der Waals surface area (Å²) < 4.78 is 4.45. The monoisotopic (exact) mass is 590 g/mol. The van der Waals surface area contributed by atoms with Crippen LogP contribution in [0.15, 0.2) is 158 Å². The molecule has 216 valence electrons. The summed E-state index contributed by atoms with van der Waals surface area (Å²) in [6.45, 7) is 0.